The Morgan fingerprint density at radius 3 is 3.05 bits per heavy atom. The molecule has 0 saturated heterocycles. The van der Waals surface area contributed by atoms with Crippen molar-refractivity contribution in [3.63, 3.8) is 0 Å². The molecule has 5 nitrogen and oxygen atoms in total. The molecule has 1 aromatic heterocycles. The molecule has 0 saturated carbocycles. The van der Waals surface area contributed by atoms with Gasteiger partial charge < -0.3 is 10.1 Å². The molecule has 1 N–H and O–H groups in total. The first kappa shape index (κ1) is 13.4. The molecule has 100 valence electrons. The van der Waals surface area contributed by atoms with E-state index in [0.717, 1.165) is 0 Å². The van der Waals surface area contributed by atoms with Gasteiger partial charge in [-0.1, -0.05) is 17.7 Å². The lowest BCUT2D eigenvalue weighted by Gasteiger charge is -2.06. The molecule has 0 bridgehead atoms. The molecule has 0 spiro atoms. The highest BCUT2D eigenvalue weighted by molar-refractivity contribution is 6.30. The third kappa shape index (κ3) is 3.72. The summed E-state index contributed by atoms with van der Waals surface area (Å²) < 4.78 is 6.75. The molecule has 0 aliphatic carbocycles. The number of aromatic nitrogens is 2. The number of carbonyl (C=O) groups is 1. The van der Waals surface area contributed by atoms with E-state index in [-0.39, 0.29) is 5.91 Å². The lowest BCUT2D eigenvalue weighted by Crippen LogP contribution is -2.27. The molecule has 0 unspecified atom stereocenters. The Morgan fingerprint density at radius 1 is 1.53 bits per heavy atom. The fourth-order valence-corrected chi connectivity index (χ4v) is 1.77. The van der Waals surface area contributed by atoms with Gasteiger partial charge in [-0.05, 0) is 18.2 Å². The lowest BCUT2D eigenvalue weighted by atomic mass is 10.2. The van der Waals surface area contributed by atoms with E-state index in [4.69, 9.17) is 16.3 Å². The predicted octanol–water partition coefficient (Wildman–Crippen LogP) is 1.98. The maximum absolute atomic E-state index is 11.9. The Bertz CT molecular complexity index is 569. The summed E-state index contributed by atoms with van der Waals surface area (Å²) in [5.41, 5.74) is 0.567. The van der Waals surface area contributed by atoms with Gasteiger partial charge in [0.25, 0.3) is 5.91 Å². The summed E-state index contributed by atoms with van der Waals surface area (Å²) in [4.78, 5) is 11.9. The van der Waals surface area contributed by atoms with E-state index in [1.807, 2.05) is 0 Å². The van der Waals surface area contributed by atoms with Gasteiger partial charge in [-0.15, -0.1) is 0 Å². The molecule has 0 aliphatic rings. The maximum Gasteiger partial charge on any atom is 0.251 e. The van der Waals surface area contributed by atoms with Crippen LogP contribution in [0.1, 0.15) is 10.4 Å². The first-order valence-electron chi connectivity index (χ1n) is 5.79. The molecule has 1 heterocycles. The SMILES string of the molecule is COc1cccc(C(=O)NCCn2cc(Cl)cn2)c1. The average Bonchev–Trinajstić information content (AvgIpc) is 2.84. The standard InChI is InChI=1S/C13H14ClN3O2/c1-19-12-4-2-3-10(7-12)13(18)15-5-6-17-9-11(14)8-16-17/h2-4,7-9H,5-6H2,1H3,(H,15,18). The summed E-state index contributed by atoms with van der Waals surface area (Å²) in [5.74, 6) is 0.517. The third-order valence-corrected chi connectivity index (χ3v) is 2.76. The molecule has 6 heteroatoms. The minimum atomic E-state index is -0.142. The van der Waals surface area contributed by atoms with Crippen molar-refractivity contribution in [1.29, 1.82) is 0 Å². The summed E-state index contributed by atoms with van der Waals surface area (Å²) in [6.07, 6.45) is 3.27. The van der Waals surface area contributed by atoms with Crippen LogP contribution in [0.5, 0.6) is 5.75 Å². The van der Waals surface area contributed by atoms with E-state index >= 15 is 0 Å². The zero-order chi connectivity index (χ0) is 13.7. The van der Waals surface area contributed by atoms with E-state index in [2.05, 4.69) is 10.4 Å². The predicted molar refractivity (Wildman–Crippen MR) is 72.6 cm³/mol. The van der Waals surface area contributed by atoms with Gasteiger partial charge in [0.2, 0.25) is 0 Å². The van der Waals surface area contributed by atoms with Gasteiger partial charge in [0.15, 0.2) is 0 Å². The topological polar surface area (TPSA) is 56.1 Å². The Balaban J connectivity index is 1.87. The van der Waals surface area contributed by atoms with Crippen LogP contribution in [0.4, 0.5) is 0 Å². The Hall–Kier alpha value is -2.01. The molecule has 0 atom stereocenters. The van der Waals surface area contributed by atoms with Crippen LogP contribution in [-0.2, 0) is 6.54 Å². The number of rotatable bonds is 5. The highest BCUT2D eigenvalue weighted by Gasteiger charge is 2.05. The Kier molecular flexibility index (Phi) is 4.41. The number of nitrogens with one attached hydrogen (secondary N) is 1. The van der Waals surface area contributed by atoms with E-state index in [9.17, 15) is 4.79 Å². The number of methoxy groups -OCH3 is 1. The minimum Gasteiger partial charge on any atom is -0.497 e. The van der Waals surface area contributed by atoms with Crippen molar-refractivity contribution in [2.24, 2.45) is 0 Å². The van der Waals surface area contributed by atoms with Crippen molar-refractivity contribution in [3.05, 3.63) is 47.2 Å². The molecule has 19 heavy (non-hydrogen) atoms. The van der Waals surface area contributed by atoms with Gasteiger partial charge in [-0.3, -0.25) is 9.48 Å². The van der Waals surface area contributed by atoms with Crippen LogP contribution in [0.25, 0.3) is 0 Å². The van der Waals surface area contributed by atoms with E-state index in [1.165, 1.54) is 0 Å². The van der Waals surface area contributed by atoms with Crippen LogP contribution in [-0.4, -0.2) is 29.3 Å². The Labute approximate surface area is 116 Å². The molecule has 2 rings (SSSR count). The molecule has 1 aromatic carbocycles. The van der Waals surface area contributed by atoms with Crippen LogP contribution in [0.15, 0.2) is 36.7 Å². The number of hydrogen-bond acceptors (Lipinski definition) is 3. The van der Waals surface area contributed by atoms with Crippen molar-refractivity contribution in [3.8, 4) is 5.75 Å². The lowest BCUT2D eigenvalue weighted by molar-refractivity contribution is 0.0951. The van der Waals surface area contributed by atoms with Crippen molar-refractivity contribution in [2.45, 2.75) is 6.54 Å². The molecule has 0 fully saturated rings. The summed E-state index contributed by atoms with van der Waals surface area (Å²) in [7, 11) is 1.57. The molecule has 0 aliphatic heterocycles. The Morgan fingerprint density at radius 2 is 2.37 bits per heavy atom. The number of hydrogen-bond donors (Lipinski definition) is 1. The second kappa shape index (κ2) is 6.24. The summed E-state index contributed by atoms with van der Waals surface area (Å²) in [6.45, 7) is 1.05. The molecular weight excluding hydrogens is 266 g/mol. The second-order valence-electron chi connectivity index (χ2n) is 3.91. The molecule has 2 aromatic rings. The van der Waals surface area contributed by atoms with Crippen LogP contribution in [0, 0.1) is 0 Å². The number of benzene rings is 1. The van der Waals surface area contributed by atoms with Gasteiger partial charge in [0, 0.05) is 18.3 Å². The normalized spacial score (nSPS) is 10.2. The smallest absolute Gasteiger partial charge is 0.251 e. The van der Waals surface area contributed by atoms with Gasteiger partial charge in [0.05, 0.1) is 24.9 Å². The van der Waals surface area contributed by atoms with Crippen LogP contribution >= 0.6 is 11.6 Å². The largest absolute Gasteiger partial charge is 0.497 e. The van der Waals surface area contributed by atoms with Crippen LogP contribution < -0.4 is 10.1 Å². The maximum atomic E-state index is 11.9. The van der Waals surface area contributed by atoms with Crippen LogP contribution in [0.3, 0.4) is 0 Å². The quantitative estimate of drug-likeness (QED) is 0.910. The van der Waals surface area contributed by atoms with Gasteiger partial charge in [0.1, 0.15) is 5.75 Å². The summed E-state index contributed by atoms with van der Waals surface area (Å²) in [5, 5.41) is 7.42. The van der Waals surface area contributed by atoms with Crippen molar-refractivity contribution in [1.82, 2.24) is 15.1 Å². The molecule has 1 amide bonds. The number of carbonyl (C=O) groups excluding carboxylic acids is 1. The second-order valence-corrected chi connectivity index (χ2v) is 4.35. The molecular formula is C13H14ClN3O2. The van der Waals surface area contributed by atoms with Crippen molar-refractivity contribution < 1.29 is 9.53 Å². The zero-order valence-electron chi connectivity index (χ0n) is 10.5. The van der Waals surface area contributed by atoms with Crippen molar-refractivity contribution >= 4 is 17.5 Å². The first-order chi connectivity index (χ1) is 9.19. The van der Waals surface area contributed by atoms with E-state index in [1.54, 1.807) is 48.5 Å². The monoisotopic (exact) mass is 279 g/mol. The number of halogens is 1. The number of amides is 1. The average molecular weight is 280 g/mol. The van der Waals surface area contributed by atoms with Crippen LogP contribution in [0.2, 0.25) is 5.02 Å². The summed E-state index contributed by atoms with van der Waals surface area (Å²) >= 11 is 5.75. The van der Waals surface area contributed by atoms with E-state index in [0.29, 0.717) is 29.4 Å². The number of ether oxygens (including phenoxy) is 1. The number of nitrogens with zero attached hydrogens (tertiary/aromatic N) is 2. The first-order valence-corrected chi connectivity index (χ1v) is 6.17. The molecule has 0 radical (unpaired) electrons. The van der Waals surface area contributed by atoms with E-state index < -0.39 is 0 Å². The third-order valence-electron chi connectivity index (χ3n) is 2.56. The summed E-state index contributed by atoms with van der Waals surface area (Å²) in [6, 6.07) is 7.01. The fraction of sp³-hybridized carbons (Fsp3) is 0.231. The minimum absolute atomic E-state index is 0.142. The van der Waals surface area contributed by atoms with Gasteiger partial charge >= 0.3 is 0 Å². The zero-order valence-corrected chi connectivity index (χ0v) is 11.2. The fourth-order valence-electron chi connectivity index (χ4n) is 1.61. The highest BCUT2D eigenvalue weighted by atomic mass is 35.5. The highest BCUT2D eigenvalue weighted by Crippen LogP contribution is 2.12. The van der Waals surface area contributed by atoms with Crippen molar-refractivity contribution in [2.75, 3.05) is 13.7 Å². The van der Waals surface area contributed by atoms with Gasteiger partial charge in [-0.2, -0.15) is 5.10 Å². The van der Waals surface area contributed by atoms with Gasteiger partial charge in [-0.25, -0.2) is 0 Å².